The number of aliphatic hydroxyl groups excluding tert-OH is 1. The number of aromatic nitrogens is 6. The number of anilines is 3. The monoisotopic (exact) mass is 1710 g/mol. The van der Waals surface area contributed by atoms with Crippen LogP contribution in [-0.4, -0.2) is 197 Å². The van der Waals surface area contributed by atoms with Crippen LogP contribution >= 0.6 is 23.2 Å². The summed E-state index contributed by atoms with van der Waals surface area (Å²) in [6, 6.07) is 41.5. The van der Waals surface area contributed by atoms with E-state index in [0.29, 0.717) is 101 Å². The molecule has 3 aromatic heterocycles. The Balaban J connectivity index is 0.000000249. The first-order valence-electron chi connectivity index (χ1n) is 36.5. The van der Waals surface area contributed by atoms with E-state index in [1.165, 1.54) is 17.3 Å². The first-order valence-corrected chi connectivity index (χ1v) is 37.5. The van der Waals surface area contributed by atoms with Crippen LogP contribution in [0.1, 0.15) is 69.2 Å². The van der Waals surface area contributed by atoms with Gasteiger partial charge in [-0.1, -0.05) is 0 Å². The quantitative estimate of drug-likeness (QED) is 0.0248. The van der Waals surface area contributed by atoms with Gasteiger partial charge < -0.3 is 108 Å². The Morgan fingerprint density at radius 2 is 0.783 bits per heavy atom. The zero-order valence-electron chi connectivity index (χ0n) is 69.0. The first kappa shape index (κ1) is 96.5. The van der Waals surface area contributed by atoms with E-state index >= 15 is 0 Å². The number of carbonyl (C=O) groups excluding carboxylic acids is 4. The molecule has 6 aromatic carbocycles. The van der Waals surface area contributed by atoms with Crippen LogP contribution in [0.15, 0.2) is 164 Å². The molecule has 0 aliphatic carbocycles. The third-order valence-corrected chi connectivity index (χ3v) is 15.7. The molecule has 0 spiro atoms. The second kappa shape index (κ2) is 46.1. The minimum absolute atomic E-state index is 0.0972. The number of rotatable bonds is 26. The number of methoxy groups -OCH3 is 6. The van der Waals surface area contributed by atoms with Crippen molar-refractivity contribution in [3.05, 3.63) is 164 Å². The smallest absolute Gasteiger partial charge is 0.446 e. The molecule has 38 heteroatoms. The van der Waals surface area contributed by atoms with Gasteiger partial charge in [0.05, 0.1) is 92.5 Å². The van der Waals surface area contributed by atoms with Gasteiger partial charge in [-0.2, -0.15) is 28.1 Å². The van der Waals surface area contributed by atoms with Crippen LogP contribution in [0.25, 0.3) is 0 Å². The molecule has 0 saturated carbocycles. The van der Waals surface area contributed by atoms with Crippen molar-refractivity contribution in [2.45, 2.75) is 116 Å². The van der Waals surface area contributed by atoms with Gasteiger partial charge in [0.25, 0.3) is 0 Å². The average Bonchev–Trinajstić information content (AvgIpc) is 1.65. The molecule has 120 heavy (non-hydrogen) atoms. The summed E-state index contributed by atoms with van der Waals surface area (Å²) in [5, 5.41) is 15.7. The molecule has 2 saturated heterocycles. The normalized spacial score (nSPS) is 14.4. The second-order valence-electron chi connectivity index (χ2n) is 27.9. The average molecular weight is 1720 g/mol. The number of nitrogen functional groups attached to an aromatic ring is 1. The van der Waals surface area contributed by atoms with Crippen LogP contribution in [0.4, 0.5) is 39.8 Å². The van der Waals surface area contributed by atoms with Crippen molar-refractivity contribution in [3.63, 3.8) is 0 Å². The summed E-state index contributed by atoms with van der Waals surface area (Å²) in [6.07, 6.45) is -1.42. The summed E-state index contributed by atoms with van der Waals surface area (Å²) in [7, 11) is 9.58. The number of alkyl halides is 5. The Kier molecular flexibility index (Phi) is 37.1. The van der Waals surface area contributed by atoms with Gasteiger partial charge in [-0.15, -0.1) is 23.2 Å². The number of aldehydes is 2. The van der Waals surface area contributed by atoms with E-state index < -0.39 is 59.4 Å². The number of hydrogen-bond donors (Lipinski definition) is 5. The molecule has 3 atom stereocenters. The molecule has 9 aromatic rings. The number of nitrogens with two attached hydrogens (primary N) is 2. The van der Waals surface area contributed by atoms with Crippen molar-refractivity contribution in [2.75, 3.05) is 97.3 Å². The lowest BCUT2D eigenvalue weighted by atomic mass is 10.2. The highest BCUT2D eigenvalue weighted by Crippen LogP contribution is 2.37. The Bertz CT molecular complexity index is 4640. The number of amides is 2. The molecular weight excluding hydrogens is 1620 g/mol. The molecule has 0 bridgehead atoms. The maximum atomic E-state index is 13.0. The SMILES string of the molecule is CC(C)(C)OC(=O)N1[C@@H](C=O)COC1(C)C.COc1ccc(Oc2ncc(N)c(Oc3ccc(OC)cc3)n2)cc1.COc1ccc(Oc2ncc(NC[C@H](N)CO)c(Oc3ccc(OC)cc3)n2)cc1.COc1ccc(Oc2ncc(NC[C@H]3COC(C)(C)N3C(=O)OC(C)(C)C)c(Oc3ccc(OC)cc3)n2)cc1.ClCCl.O=CC(F)(F)F. The van der Waals surface area contributed by atoms with Gasteiger partial charge in [-0.05, 0) is 215 Å². The van der Waals surface area contributed by atoms with E-state index in [4.69, 9.17) is 120 Å². The second-order valence-corrected chi connectivity index (χ2v) is 28.7. The van der Waals surface area contributed by atoms with E-state index in [1.54, 1.807) is 234 Å². The molecule has 2 fully saturated rings. The number of nitrogens with zero attached hydrogens (tertiary/aromatic N) is 8. The standard InChI is InChI=1S/C29H36N4O7.C21H24N4O5.C18H17N3O4.C11H19NO4.C2HF3O.CH2Cl2/c1-28(2,3)40-27(34)33-19(18-37-29(33,4)5)16-30-24-17-31-26(39-23-14-10-21(36-7)11-15-23)32-25(24)38-22-12-8-20(35-6)9-13-22;1-27-15-3-7-17(8-4-15)29-20-19(23-11-14(22)13-26)12-24-21(25-20)30-18-9-5-16(28-2)6-10-18;1-22-12-3-7-14(8-4-12)24-17-16(19)11-20-18(21-17)25-15-9-5-13(23-2)6-10-15;1-10(2,3)16-9(14)12-8(6-13)7-15-11(12,4)5;3-2(4,5)1-6;2-1-3/h8-15,17,19,30H,16,18H2,1-7H3;3-10,12,14,23,26H,11,13,22H2,1-2H3;3-11H,19H2,1-2H3;6,8H,7H2,1-5H3;1H;1H2/t19-;14-;;8-;;/m00.0../s1. The van der Waals surface area contributed by atoms with Crippen LogP contribution < -0.4 is 78.9 Å². The van der Waals surface area contributed by atoms with Gasteiger partial charge >= 0.3 is 36.4 Å². The lowest BCUT2D eigenvalue weighted by Crippen LogP contribution is -2.51. The van der Waals surface area contributed by atoms with Crippen molar-refractivity contribution in [3.8, 4) is 105 Å². The van der Waals surface area contributed by atoms with E-state index in [1.807, 2.05) is 34.6 Å². The maximum Gasteiger partial charge on any atom is 0.446 e. The van der Waals surface area contributed by atoms with Gasteiger partial charge in [0, 0.05) is 19.1 Å². The van der Waals surface area contributed by atoms with Crippen molar-refractivity contribution in [1.29, 1.82) is 0 Å². The fourth-order valence-corrected chi connectivity index (χ4v) is 10.0. The Hall–Kier alpha value is -12.4. The lowest BCUT2D eigenvalue weighted by molar-refractivity contribution is -0.156. The molecule has 0 unspecified atom stereocenters. The number of halogens is 5. The lowest BCUT2D eigenvalue weighted by Gasteiger charge is -2.35. The number of ether oxygens (including phenoxy) is 16. The molecule has 2 aliphatic rings. The number of benzene rings is 6. The van der Waals surface area contributed by atoms with Crippen molar-refractivity contribution >= 4 is 65.0 Å². The third kappa shape index (κ3) is 32.2. The summed E-state index contributed by atoms with van der Waals surface area (Å²) < 4.78 is 119. The van der Waals surface area contributed by atoms with Crippen molar-refractivity contribution in [2.24, 2.45) is 5.73 Å². The number of carbonyl (C=O) groups is 4. The van der Waals surface area contributed by atoms with Gasteiger partial charge in [-0.3, -0.25) is 14.6 Å². The highest BCUT2D eigenvalue weighted by Gasteiger charge is 2.47. The van der Waals surface area contributed by atoms with E-state index in [2.05, 4.69) is 40.5 Å². The van der Waals surface area contributed by atoms with E-state index in [0.717, 1.165) is 11.5 Å². The zero-order chi connectivity index (χ0) is 88.4. The largest absolute Gasteiger partial charge is 0.497 e. The topological polar surface area (TPSA) is 396 Å². The van der Waals surface area contributed by atoms with Gasteiger partial charge in [0.15, 0.2) is 0 Å². The highest BCUT2D eigenvalue weighted by molar-refractivity contribution is 6.40. The highest BCUT2D eigenvalue weighted by atomic mass is 35.5. The minimum atomic E-state index is -4.64. The molecule has 648 valence electrons. The first-order chi connectivity index (χ1) is 56.9. The van der Waals surface area contributed by atoms with Crippen molar-refractivity contribution in [1.82, 2.24) is 39.7 Å². The van der Waals surface area contributed by atoms with Crippen LogP contribution in [0, 0.1) is 0 Å². The van der Waals surface area contributed by atoms with Crippen LogP contribution in [0.3, 0.4) is 0 Å². The molecule has 2 aliphatic heterocycles. The number of hydrogen-bond acceptors (Lipinski definition) is 31. The van der Waals surface area contributed by atoms with Crippen LogP contribution in [0.5, 0.6) is 105 Å². The molecule has 33 nitrogen and oxygen atoms in total. The Morgan fingerprint density at radius 3 is 1.10 bits per heavy atom. The maximum absolute atomic E-state index is 13.0. The fourth-order valence-electron chi connectivity index (χ4n) is 10.0. The summed E-state index contributed by atoms with van der Waals surface area (Å²) in [4.78, 5) is 73.2. The number of aliphatic hydroxyl groups is 1. The molecule has 7 N–H and O–H groups in total. The third-order valence-electron chi connectivity index (χ3n) is 15.7. The molecular formula is C82H99Cl2F3N12O21. The Labute approximate surface area is 702 Å². The predicted molar refractivity (Wildman–Crippen MR) is 439 cm³/mol. The molecule has 0 radical (unpaired) electrons. The minimum Gasteiger partial charge on any atom is -0.497 e. The predicted octanol–water partition coefficient (Wildman–Crippen LogP) is 16.1. The summed E-state index contributed by atoms with van der Waals surface area (Å²) in [5.74, 6) is 8.31. The van der Waals surface area contributed by atoms with E-state index in [-0.39, 0.29) is 60.3 Å². The van der Waals surface area contributed by atoms with Gasteiger partial charge in [-0.25, -0.2) is 24.5 Å². The fraction of sp³-hybridized carbons (Fsp3) is 0.366. The molecule has 5 heterocycles. The summed E-state index contributed by atoms with van der Waals surface area (Å²) in [6.45, 7) is 19.0. The molecule has 11 rings (SSSR count). The summed E-state index contributed by atoms with van der Waals surface area (Å²) in [5.41, 5.74) is 10.1. The Morgan fingerprint density at radius 1 is 0.500 bits per heavy atom. The summed E-state index contributed by atoms with van der Waals surface area (Å²) >= 11 is 9.53. The van der Waals surface area contributed by atoms with Crippen molar-refractivity contribution < 1.29 is 113 Å². The van der Waals surface area contributed by atoms with E-state index in [9.17, 15) is 27.6 Å². The number of nitrogens with one attached hydrogen (secondary N) is 2. The van der Waals surface area contributed by atoms with Gasteiger partial charge in [0.1, 0.15) is 121 Å². The van der Waals surface area contributed by atoms with Crippen LogP contribution in [-0.2, 0) is 28.5 Å². The zero-order valence-corrected chi connectivity index (χ0v) is 70.5. The van der Waals surface area contributed by atoms with Gasteiger partial charge in [0.2, 0.25) is 23.9 Å². The molecule has 2 amide bonds. The van der Waals surface area contributed by atoms with Crippen LogP contribution in [0.2, 0.25) is 0 Å².